The van der Waals surface area contributed by atoms with Crippen LogP contribution in [-0.4, -0.2) is 47.0 Å². The third-order valence-corrected chi connectivity index (χ3v) is 4.77. The van der Waals surface area contributed by atoms with Crippen LogP contribution >= 0.6 is 0 Å². The summed E-state index contributed by atoms with van der Waals surface area (Å²) in [5.41, 5.74) is -1.65. The first-order chi connectivity index (χ1) is 12.0. The Balaban J connectivity index is 1.49. The summed E-state index contributed by atoms with van der Waals surface area (Å²) in [7, 11) is 1.54. The first-order valence-corrected chi connectivity index (χ1v) is 8.70. The van der Waals surface area contributed by atoms with E-state index in [0.717, 1.165) is 19.3 Å². The molecule has 1 aromatic rings. The Hall–Kier alpha value is -1.93. The molecule has 25 heavy (non-hydrogen) atoms. The standard InChI is InChI=1S/C17H24N2O6/c1-23-13(5-9-19-10-6-14(20)18-16(19)22)11-24-15(21)17(7-2-8-17)25-12-3-4-12/h6,10,12-13H,2-5,7-9,11H2,1H3,(H,18,20,22). The summed E-state index contributed by atoms with van der Waals surface area (Å²) < 4.78 is 18.0. The number of rotatable bonds is 9. The fourth-order valence-corrected chi connectivity index (χ4v) is 2.85. The van der Waals surface area contributed by atoms with E-state index < -0.39 is 16.9 Å². The van der Waals surface area contributed by atoms with E-state index >= 15 is 0 Å². The highest BCUT2D eigenvalue weighted by molar-refractivity contribution is 5.80. The average Bonchev–Trinajstić information content (AvgIpc) is 3.36. The summed E-state index contributed by atoms with van der Waals surface area (Å²) in [6, 6.07) is 1.29. The summed E-state index contributed by atoms with van der Waals surface area (Å²) in [4.78, 5) is 37.3. The van der Waals surface area contributed by atoms with Gasteiger partial charge in [-0.05, 0) is 38.5 Å². The molecule has 2 fully saturated rings. The fourth-order valence-electron chi connectivity index (χ4n) is 2.85. The molecule has 1 unspecified atom stereocenters. The van der Waals surface area contributed by atoms with Crippen LogP contribution in [0.4, 0.5) is 0 Å². The van der Waals surface area contributed by atoms with Gasteiger partial charge >= 0.3 is 11.7 Å². The molecule has 0 amide bonds. The summed E-state index contributed by atoms with van der Waals surface area (Å²) in [5.74, 6) is -0.311. The zero-order valence-electron chi connectivity index (χ0n) is 14.4. The molecule has 3 rings (SSSR count). The van der Waals surface area contributed by atoms with Gasteiger partial charge in [0.05, 0.1) is 12.2 Å². The van der Waals surface area contributed by atoms with Crippen LogP contribution < -0.4 is 11.2 Å². The number of nitrogens with zero attached hydrogens (tertiary/aromatic N) is 1. The lowest BCUT2D eigenvalue weighted by molar-refractivity contribution is -0.191. The van der Waals surface area contributed by atoms with Crippen LogP contribution in [0.2, 0.25) is 0 Å². The van der Waals surface area contributed by atoms with Gasteiger partial charge in [-0.15, -0.1) is 0 Å². The molecule has 1 aromatic heterocycles. The minimum absolute atomic E-state index is 0.114. The van der Waals surface area contributed by atoms with Crippen molar-refractivity contribution >= 4 is 5.97 Å². The number of ether oxygens (including phenoxy) is 3. The topological polar surface area (TPSA) is 99.6 Å². The third-order valence-electron chi connectivity index (χ3n) is 4.77. The number of hydrogen-bond acceptors (Lipinski definition) is 6. The molecule has 0 spiro atoms. The highest BCUT2D eigenvalue weighted by atomic mass is 16.6. The maximum atomic E-state index is 12.4. The van der Waals surface area contributed by atoms with E-state index in [2.05, 4.69) is 4.98 Å². The van der Waals surface area contributed by atoms with Crippen molar-refractivity contribution in [1.29, 1.82) is 0 Å². The zero-order chi connectivity index (χ0) is 17.9. The first-order valence-electron chi connectivity index (χ1n) is 8.70. The Morgan fingerprint density at radius 1 is 1.40 bits per heavy atom. The maximum Gasteiger partial charge on any atom is 0.338 e. The lowest BCUT2D eigenvalue weighted by Crippen LogP contribution is -2.50. The normalized spacial score (nSPS) is 19.9. The van der Waals surface area contributed by atoms with E-state index in [4.69, 9.17) is 14.2 Å². The van der Waals surface area contributed by atoms with E-state index in [1.54, 1.807) is 0 Å². The summed E-state index contributed by atoms with van der Waals surface area (Å²) >= 11 is 0. The monoisotopic (exact) mass is 352 g/mol. The van der Waals surface area contributed by atoms with E-state index in [9.17, 15) is 14.4 Å². The molecular formula is C17H24N2O6. The molecule has 8 heteroatoms. The SMILES string of the molecule is COC(CCn1ccc(=O)[nH]c1=O)COC(=O)C1(OC2CC2)CCC1. The van der Waals surface area contributed by atoms with Gasteiger partial charge in [0.15, 0.2) is 5.60 Å². The molecule has 138 valence electrons. The van der Waals surface area contributed by atoms with Gasteiger partial charge in [-0.25, -0.2) is 9.59 Å². The second-order valence-electron chi connectivity index (χ2n) is 6.71. The fraction of sp³-hybridized carbons (Fsp3) is 0.706. The maximum absolute atomic E-state index is 12.4. The van der Waals surface area contributed by atoms with Crippen LogP contribution in [0.3, 0.4) is 0 Å². The van der Waals surface area contributed by atoms with Gasteiger partial charge in [0.2, 0.25) is 0 Å². The highest BCUT2D eigenvalue weighted by Crippen LogP contribution is 2.42. The first kappa shape index (κ1) is 17.9. The van der Waals surface area contributed by atoms with E-state index in [1.807, 2.05) is 0 Å². The largest absolute Gasteiger partial charge is 0.461 e. The van der Waals surface area contributed by atoms with Gasteiger partial charge in [-0.1, -0.05) is 0 Å². The number of aryl methyl sites for hydroxylation is 1. The van der Waals surface area contributed by atoms with Crippen molar-refractivity contribution < 1.29 is 19.0 Å². The van der Waals surface area contributed by atoms with Crippen molar-refractivity contribution in [1.82, 2.24) is 9.55 Å². The van der Waals surface area contributed by atoms with Crippen molar-refractivity contribution in [3.63, 3.8) is 0 Å². The van der Waals surface area contributed by atoms with Crippen molar-refractivity contribution in [2.45, 2.75) is 62.9 Å². The zero-order valence-corrected chi connectivity index (χ0v) is 14.4. The predicted molar refractivity (Wildman–Crippen MR) is 88.4 cm³/mol. The van der Waals surface area contributed by atoms with Gasteiger partial charge in [0, 0.05) is 25.9 Å². The Bertz CT molecular complexity index is 716. The van der Waals surface area contributed by atoms with Crippen LogP contribution in [0.15, 0.2) is 21.9 Å². The number of hydrogen-bond donors (Lipinski definition) is 1. The van der Waals surface area contributed by atoms with E-state index in [0.29, 0.717) is 25.8 Å². The summed E-state index contributed by atoms with van der Waals surface area (Å²) in [6.45, 7) is 0.471. The molecule has 1 atom stereocenters. The number of aromatic nitrogens is 2. The number of aromatic amines is 1. The molecule has 8 nitrogen and oxygen atoms in total. The molecule has 0 radical (unpaired) electrons. The average molecular weight is 352 g/mol. The molecule has 2 aliphatic rings. The molecule has 1 heterocycles. The molecule has 0 aliphatic heterocycles. The minimum atomic E-state index is -0.755. The summed E-state index contributed by atoms with van der Waals surface area (Å²) in [6.07, 6.45) is 6.23. The second kappa shape index (κ2) is 7.53. The Kier molecular flexibility index (Phi) is 5.39. The van der Waals surface area contributed by atoms with E-state index in [1.165, 1.54) is 23.9 Å². The van der Waals surface area contributed by atoms with Crippen molar-refractivity contribution in [2.75, 3.05) is 13.7 Å². The Labute approximate surface area is 145 Å². The van der Waals surface area contributed by atoms with Gasteiger partial charge in [0.1, 0.15) is 6.61 Å². The van der Waals surface area contributed by atoms with Crippen molar-refractivity contribution in [3.8, 4) is 0 Å². The lowest BCUT2D eigenvalue weighted by Gasteiger charge is -2.39. The van der Waals surface area contributed by atoms with Crippen LogP contribution in [-0.2, 0) is 25.5 Å². The van der Waals surface area contributed by atoms with Crippen LogP contribution in [0, 0.1) is 0 Å². The number of nitrogens with one attached hydrogen (secondary N) is 1. The molecular weight excluding hydrogens is 328 g/mol. The number of H-pyrrole nitrogens is 1. The number of esters is 1. The van der Waals surface area contributed by atoms with Gasteiger partial charge in [-0.3, -0.25) is 9.78 Å². The lowest BCUT2D eigenvalue weighted by atomic mass is 9.80. The number of methoxy groups -OCH3 is 1. The Morgan fingerprint density at radius 2 is 2.16 bits per heavy atom. The van der Waals surface area contributed by atoms with Crippen molar-refractivity contribution in [3.05, 3.63) is 33.1 Å². The molecule has 2 aliphatic carbocycles. The van der Waals surface area contributed by atoms with Gasteiger partial charge in [-0.2, -0.15) is 0 Å². The van der Waals surface area contributed by atoms with Crippen LogP contribution in [0.1, 0.15) is 38.5 Å². The highest BCUT2D eigenvalue weighted by Gasteiger charge is 2.50. The van der Waals surface area contributed by atoms with Crippen LogP contribution in [0.5, 0.6) is 0 Å². The van der Waals surface area contributed by atoms with Gasteiger partial charge in [0.25, 0.3) is 5.56 Å². The quantitative estimate of drug-likeness (QED) is 0.653. The Morgan fingerprint density at radius 3 is 2.72 bits per heavy atom. The van der Waals surface area contributed by atoms with Crippen LogP contribution in [0.25, 0.3) is 0 Å². The smallest absolute Gasteiger partial charge is 0.338 e. The van der Waals surface area contributed by atoms with Crippen molar-refractivity contribution in [2.24, 2.45) is 0 Å². The predicted octanol–water partition coefficient (Wildman–Crippen LogP) is 0.587. The molecule has 1 N–H and O–H groups in total. The number of carbonyl (C=O) groups is 1. The third kappa shape index (κ3) is 4.38. The minimum Gasteiger partial charge on any atom is -0.461 e. The molecule has 0 aromatic carbocycles. The number of carbonyl (C=O) groups excluding carboxylic acids is 1. The molecule has 0 bridgehead atoms. The second-order valence-corrected chi connectivity index (χ2v) is 6.71. The summed E-state index contributed by atoms with van der Waals surface area (Å²) in [5, 5.41) is 0. The molecule has 0 saturated heterocycles. The van der Waals surface area contributed by atoms with Gasteiger partial charge < -0.3 is 18.8 Å². The molecule has 2 saturated carbocycles. The van der Waals surface area contributed by atoms with E-state index in [-0.39, 0.29) is 24.8 Å².